The third-order valence-electron chi connectivity index (χ3n) is 11.6. The number of rotatable bonds is 10. The molecule has 6 atom stereocenters. The predicted octanol–water partition coefficient (Wildman–Crippen LogP) is 5.30. The second kappa shape index (κ2) is 13.7. The molecule has 8 rings (SSSR count). The summed E-state index contributed by atoms with van der Waals surface area (Å²) in [6.07, 6.45) is 2.98. The Balaban J connectivity index is 1.26. The second-order valence-corrected chi connectivity index (χ2v) is 14.4. The molecule has 4 aromatic carbocycles. The predicted molar refractivity (Wildman–Crippen MR) is 196 cm³/mol. The number of allylic oxidation sites excluding steroid dienone is 2. The van der Waals surface area contributed by atoms with Crippen LogP contribution in [-0.2, 0) is 31.0 Å². The zero-order valence-electron chi connectivity index (χ0n) is 29.4. The van der Waals surface area contributed by atoms with Gasteiger partial charge in [-0.3, -0.25) is 29.5 Å². The van der Waals surface area contributed by atoms with E-state index >= 15 is 4.79 Å². The fourth-order valence-electron chi connectivity index (χ4n) is 9.29. The Labute approximate surface area is 307 Å². The van der Waals surface area contributed by atoms with Gasteiger partial charge in [-0.1, -0.05) is 90.0 Å². The van der Waals surface area contributed by atoms with Gasteiger partial charge in [0.05, 0.1) is 35.5 Å². The number of anilines is 1. The lowest BCUT2D eigenvalue weighted by Crippen LogP contribution is -2.53. The number of aliphatic hydroxyl groups excluding tert-OH is 1. The highest BCUT2D eigenvalue weighted by Crippen LogP contribution is 2.64. The Morgan fingerprint density at radius 3 is 2.28 bits per heavy atom. The van der Waals surface area contributed by atoms with Gasteiger partial charge in [-0.2, -0.15) is 5.01 Å². The lowest BCUT2D eigenvalue weighted by molar-refractivity contribution is -0.141. The Hall–Kier alpha value is -5.74. The van der Waals surface area contributed by atoms with E-state index in [9.17, 15) is 24.6 Å². The quantitative estimate of drug-likeness (QED) is 0.149. The Kier molecular flexibility index (Phi) is 8.86. The van der Waals surface area contributed by atoms with Gasteiger partial charge in [0.15, 0.2) is 0 Å². The SMILES string of the molecule is Cc1ccc(NN2C(=O)[C@@H]3C[C@@H]4C(=CC[C@@H]5C(=O)N(CCc6ccc(O)cc6)C(=O)[C@@H]54)[C@H](c4ccccc4OCCO)[C@]3(c3ccccc3)C2=O)cc1. The summed E-state index contributed by atoms with van der Waals surface area (Å²) < 4.78 is 6.12. The Morgan fingerprint density at radius 1 is 0.830 bits per heavy atom. The van der Waals surface area contributed by atoms with Gasteiger partial charge in [0, 0.05) is 18.0 Å². The number of hydrogen-bond acceptors (Lipinski definition) is 8. The summed E-state index contributed by atoms with van der Waals surface area (Å²) in [6.45, 7) is 1.96. The first-order chi connectivity index (χ1) is 25.7. The smallest absolute Gasteiger partial charge is 0.260 e. The monoisotopic (exact) mass is 711 g/mol. The van der Waals surface area contributed by atoms with Crippen molar-refractivity contribution in [2.75, 3.05) is 25.2 Å². The number of nitrogens with zero attached hydrogens (tertiary/aromatic N) is 2. The number of amides is 4. The minimum absolute atomic E-state index is 0.0234. The summed E-state index contributed by atoms with van der Waals surface area (Å²) in [5.74, 6) is -4.11. The highest BCUT2D eigenvalue weighted by molar-refractivity contribution is 6.13. The van der Waals surface area contributed by atoms with E-state index in [0.717, 1.165) is 21.7 Å². The molecular formula is C43H41N3O7. The molecule has 10 heteroatoms. The number of aryl methyl sites for hydroxylation is 1. The van der Waals surface area contributed by atoms with Crippen LogP contribution < -0.4 is 10.2 Å². The van der Waals surface area contributed by atoms with Gasteiger partial charge >= 0.3 is 0 Å². The minimum atomic E-state index is -1.42. The lowest BCUT2D eigenvalue weighted by Gasteiger charge is -2.50. The zero-order valence-corrected chi connectivity index (χ0v) is 29.4. The van der Waals surface area contributed by atoms with Gasteiger partial charge in [0.1, 0.15) is 18.1 Å². The number of imide groups is 2. The molecule has 1 saturated carbocycles. The van der Waals surface area contributed by atoms with Crippen LogP contribution in [0.3, 0.4) is 0 Å². The van der Waals surface area contributed by atoms with E-state index in [2.05, 4.69) is 5.43 Å². The summed E-state index contributed by atoms with van der Waals surface area (Å²) in [5, 5.41) is 20.6. The van der Waals surface area contributed by atoms with Crippen LogP contribution in [0.15, 0.2) is 115 Å². The first kappa shape index (κ1) is 34.4. The number of fused-ring (bicyclic) bond motifs is 4. The zero-order chi connectivity index (χ0) is 36.9. The van der Waals surface area contributed by atoms with Crippen molar-refractivity contribution in [1.29, 1.82) is 0 Å². The topological polar surface area (TPSA) is 136 Å². The van der Waals surface area contributed by atoms with E-state index in [4.69, 9.17) is 4.74 Å². The number of hydrazine groups is 1. The van der Waals surface area contributed by atoms with Crippen LogP contribution in [0.2, 0.25) is 0 Å². The van der Waals surface area contributed by atoms with E-state index in [1.807, 2.05) is 85.8 Å². The number of phenols is 1. The molecule has 3 fully saturated rings. The first-order valence-electron chi connectivity index (χ1n) is 18.2. The second-order valence-electron chi connectivity index (χ2n) is 14.4. The summed E-state index contributed by atoms with van der Waals surface area (Å²) in [6, 6.07) is 30.9. The van der Waals surface area contributed by atoms with Crippen molar-refractivity contribution in [2.45, 2.75) is 37.5 Å². The number of aromatic hydroxyl groups is 1. The largest absolute Gasteiger partial charge is 0.508 e. The Morgan fingerprint density at radius 2 is 1.55 bits per heavy atom. The molecule has 270 valence electrons. The summed E-state index contributed by atoms with van der Waals surface area (Å²) in [5.41, 5.74) is 6.39. The number of carbonyl (C=O) groups is 4. The highest BCUT2D eigenvalue weighted by atomic mass is 16.5. The van der Waals surface area contributed by atoms with Crippen molar-refractivity contribution in [3.63, 3.8) is 0 Å². The molecule has 0 unspecified atom stereocenters. The third kappa shape index (κ3) is 5.60. The van der Waals surface area contributed by atoms with E-state index in [1.54, 1.807) is 30.3 Å². The van der Waals surface area contributed by atoms with Gasteiger partial charge in [-0.05, 0) is 73.6 Å². The molecule has 3 N–H and O–H groups in total. The maximum Gasteiger partial charge on any atom is 0.260 e. The van der Waals surface area contributed by atoms with E-state index < -0.39 is 46.8 Å². The fraction of sp³-hybridized carbons (Fsp3) is 0.302. The average molecular weight is 712 g/mol. The molecule has 2 saturated heterocycles. The number of aliphatic hydroxyl groups is 1. The first-order valence-corrected chi connectivity index (χ1v) is 18.2. The average Bonchev–Trinajstić information content (AvgIpc) is 3.55. The maximum absolute atomic E-state index is 15.4. The highest BCUT2D eigenvalue weighted by Gasteiger charge is 2.70. The molecule has 0 aromatic heterocycles. The van der Waals surface area contributed by atoms with Gasteiger partial charge in [0.2, 0.25) is 11.8 Å². The lowest BCUT2D eigenvalue weighted by atomic mass is 9.49. The van der Waals surface area contributed by atoms with Crippen LogP contribution in [0.5, 0.6) is 11.5 Å². The van der Waals surface area contributed by atoms with Gasteiger partial charge in [-0.25, -0.2) is 0 Å². The van der Waals surface area contributed by atoms with Crippen molar-refractivity contribution in [3.05, 3.63) is 137 Å². The molecular weight excluding hydrogens is 670 g/mol. The Bertz CT molecular complexity index is 2100. The molecule has 2 aliphatic heterocycles. The molecule has 4 aliphatic rings. The number of benzene rings is 4. The normalized spacial score (nSPS) is 26.2. The molecule has 4 amide bonds. The number of nitrogens with one attached hydrogen (secondary N) is 1. The number of carbonyl (C=O) groups excluding carboxylic acids is 4. The van der Waals surface area contributed by atoms with Gasteiger partial charge in [-0.15, -0.1) is 0 Å². The van der Waals surface area contributed by atoms with Crippen molar-refractivity contribution < 1.29 is 34.1 Å². The number of ether oxygens (including phenoxy) is 1. The van der Waals surface area contributed by atoms with Crippen LogP contribution >= 0.6 is 0 Å². The van der Waals surface area contributed by atoms with E-state index in [1.165, 1.54) is 4.90 Å². The molecule has 4 aromatic rings. The van der Waals surface area contributed by atoms with Gasteiger partial charge < -0.3 is 14.9 Å². The minimum Gasteiger partial charge on any atom is -0.508 e. The number of phenolic OH excluding ortho intramolecular Hbond substituents is 1. The molecule has 10 nitrogen and oxygen atoms in total. The molecule has 0 radical (unpaired) electrons. The van der Waals surface area contributed by atoms with Crippen LogP contribution in [0.25, 0.3) is 0 Å². The number of para-hydroxylation sites is 1. The number of hydrogen-bond donors (Lipinski definition) is 3. The van der Waals surface area contributed by atoms with Crippen molar-refractivity contribution >= 4 is 29.3 Å². The van der Waals surface area contributed by atoms with Crippen LogP contribution in [0.4, 0.5) is 5.69 Å². The molecule has 0 bridgehead atoms. The van der Waals surface area contributed by atoms with Crippen molar-refractivity contribution in [2.24, 2.45) is 23.7 Å². The van der Waals surface area contributed by atoms with E-state index in [-0.39, 0.29) is 43.7 Å². The molecule has 0 spiro atoms. The van der Waals surface area contributed by atoms with E-state index in [0.29, 0.717) is 35.4 Å². The summed E-state index contributed by atoms with van der Waals surface area (Å²) in [7, 11) is 0. The van der Waals surface area contributed by atoms with Crippen LogP contribution in [-0.4, -0.2) is 63.5 Å². The fourth-order valence-corrected chi connectivity index (χ4v) is 9.29. The van der Waals surface area contributed by atoms with Crippen molar-refractivity contribution in [1.82, 2.24) is 9.91 Å². The number of likely N-dealkylation sites (tertiary alicyclic amines) is 1. The van der Waals surface area contributed by atoms with Crippen LogP contribution in [0, 0.1) is 30.6 Å². The van der Waals surface area contributed by atoms with Crippen LogP contribution in [0.1, 0.15) is 41.0 Å². The third-order valence-corrected chi connectivity index (χ3v) is 11.6. The van der Waals surface area contributed by atoms with Gasteiger partial charge in [0.25, 0.3) is 11.8 Å². The molecule has 53 heavy (non-hydrogen) atoms. The summed E-state index contributed by atoms with van der Waals surface area (Å²) >= 11 is 0. The summed E-state index contributed by atoms with van der Waals surface area (Å²) in [4.78, 5) is 60.0. The molecule has 2 heterocycles. The maximum atomic E-state index is 15.4. The standard InChI is InChI=1S/C43H41N3O7/c1-26-11-15-29(16-12-26)44-46-40(50)35-25-34-31(19-20-33-37(34)41(51)45(39(33)49)22-21-27-13-17-30(48)18-14-27)38(32-9-5-6-10-36(32)53-24-23-47)43(35,42(46)52)28-7-3-2-4-8-28/h2-19,33-35,37-38,44,47-48H,20-25H2,1H3/t33-,34+,35-,37-,38+,43+/m0/s1. The molecule has 2 aliphatic carbocycles. The van der Waals surface area contributed by atoms with Crippen molar-refractivity contribution in [3.8, 4) is 11.5 Å².